The monoisotopic (exact) mass is 273 g/mol. The second kappa shape index (κ2) is 6.57. The summed E-state index contributed by atoms with van der Waals surface area (Å²) in [6, 6.07) is 8.72. The highest BCUT2D eigenvalue weighted by Crippen LogP contribution is 2.27. The second-order valence-corrected chi connectivity index (χ2v) is 5.09. The van der Waals surface area contributed by atoms with Crippen molar-refractivity contribution in [2.45, 2.75) is 39.9 Å². The van der Waals surface area contributed by atoms with Gasteiger partial charge in [0.05, 0.1) is 12.8 Å². The Morgan fingerprint density at radius 1 is 1.30 bits per heavy atom. The lowest BCUT2D eigenvalue weighted by atomic mass is 10.0. The van der Waals surface area contributed by atoms with E-state index in [1.165, 1.54) is 11.1 Å². The number of benzene rings is 1. The Labute approximate surface area is 120 Å². The van der Waals surface area contributed by atoms with E-state index < -0.39 is 0 Å². The number of ether oxygens (including phenoxy) is 1. The van der Waals surface area contributed by atoms with Gasteiger partial charge in [0.15, 0.2) is 0 Å². The van der Waals surface area contributed by atoms with Crippen LogP contribution in [0.4, 0.5) is 0 Å². The predicted octanol–water partition coefficient (Wildman–Crippen LogP) is 3.08. The number of aryl methyl sites for hydroxylation is 1. The summed E-state index contributed by atoms with van der Waals surface area (Å²) < 4.78 is 7.35. The van der Waals surface area contributed by atoms with Gasteiger partial charge in [0, 0.05) is 30.9 Å². The highest BCUT2D eigenvalue weighted by Gasteiger charge is 2.11. The first-order valence-electron chi connectivity index (χ1n) is 7.08. The Morgan fingerprint density at radius 3 is 2.75 bits per heavy atom. The van der Waals surface area contributed by atoms with E-state index >= 15 is 0 Å². The van der Waals surface area contributed by atoms with Gasteiger partial charge < -0.3 is 10.1 Å². The third-order valence-corrected chi connectivity index (χ3v) is 3.31. The summed E-state index contributed by atoms with van der Waals surface area (Å²) in [6.45, 7) is 8.09. The van der Waals surface area contributed by atoms with Crippen molar-refractivity contribution < 1.29 is 4.74 Å². The molecule has 0 aliphatic carbocycles. The van der Waals surface area contributed by atoms with Crippen molar-refractivity contribution in [2.24, 2.45) is 0 Å². The molecular formula is C16H23N3O. The summed E-state index contributed by atoms with van der Waals surface area (Å²) in [5.74, 6) is 0.886. The topological polar surface area (TPSA) is 39.1 Å². The molecule has 1 aromatic heterocycles. The maximum atomic E-state index is 5.34. The van der Waals surface area contributed by atoms with E-state index in [0.29, 0.717) is 6.04 Å². The second-order valence-electron chi connectivity index (χ2n) is 5.09. The molecule has 0 spiro atoms. The third kappa shape index (κ3) is 3.20. The Hall–Kier alpha value is -1.81. The SMILES string of the molecule is CCn1nccc1-c1ccc(OC)cc1CNC(C)C. The van der Waals surface area contributed by atoms with Gasteiger partial charge in [-0.15, -0.1) is 0 Å². The number of aromatic nitrogens is 2. The van der Waals surface area contributed by atoms with Crippen molar-refractivity contribution in [3.8, 4) is 17.0 Å². The highest BCUT2D eigenvalue weighted by atomic mass is 16.5. The van der Waals surface area contributed by atoms with Crippen molar-refractivity contribution in [3.05, 3.63) is 36.0 Å². The molecule has 4 nitrogen and oxygen atoms in total. The molecule has 0 bridgehead atoms. The standard InChI is InChI=1S/C16H23N3O/c1-5-19-16(8-9-18-19)15-7-6-14(20-4)10-13(15)11-17-12(2)3/h6-10,12,17H,5,11H2,1-4H3. The van der Waals surface area contributed by atoms with Crippen molar-refractivity contribution in [1.82, 2.24) is 15.1 Å². The minimum atomic E-state index is 0.449. The molecule has 0 aliphatic heterocycles. The summed E-state index contributed by atoms with van der Waals surface area (Å²) in [4.78, 5) is 0. The first-order valence-corrected chi connectivity index (χ1v) is 7.08. The van der Waals surface area contributed by atoms with Gasteiger partial charge in [-0.1, -0.05) is 13.8 Å². The first kappa shape index (κ1) is 14.6. The van der Waals surface area contributed by atoms with Crippen LogP contribution in [-0.2, 0) is 13.1 Å². The molecule has 1 aromatic carbocycles. The van der Waals surface area contributed by atoms with Crippen molar-refractivity contribution in [3.63, 3.8) is 0 Å². The average molecular weight is 273 g/mol. The van der Waals surface area contributed by atoms with Crippen LogP contribution in [0.15, 0.2) is 30.5 Å². The number of nitrogens with one attached hydrogen (secondary N) is 1. The predicted molar refractivity (Wildman–Crippen MR) is 81.9 cm³/mol. The fraction of sp³-hybridized carbons (Fsp3) is 0.438. The molecule has 0 amide bonds. The van der Waals surface area contributed by atoms with Crippen LogP contribution >= 0.6 is 0 Å². The first-order chi connectivity index (χ1) is 9.65. The fourth-order valence-electron chi connectivity index (χ4n) is 2.22. The molecule has 2 aromatic rings. The van der Waals surface area contributed by atoms with E-state index in [2.05, 4.69) is 49.4 Å². The molecular weight excluding hydrogens is 250 g/mol. The molecule has 20 heavy (non-hydrogen) atoms. The lowest BCUT2D eigenvalue weighted by molar-refractivity contribution is 0.414. The molecule has 4 heteroatoms. The number of nitrogens with zero attached hydrogens (tertiary/aromatic N) is 2. The third-order valence-electron chi connectivity index (χ3n) is 3.31. The van der Waals surface area contributed by atoms with Crippen molar-refractivity contribution >= 4 is 0 Å². The fourth-order valence-corrected chi connectivity index (χ4v) is 2.22. The maximum Gasteiger partial charge on any atom is 0.119 e. The van der Waals surface area contributed by atoms with Gasteiger partial charge in [0.25, 0.3) is 0 Å². The van der Waals surface area contributed by atoms with Crippen LogP contribution in [0.25, 0.3) is 11.3 Å². The van der Waals surface area contributed by atoms with Gasteiger partial charge in [-0.25, -0.2) is 0 Å². The zero-order chi connectivity index (χ0) is 14.5. The van der Waals surface area contributed by atoms with E-state index in [-0.39, 0.29) is 0 Å². The highest BCUT2D eigenvalue weighted by molar-refractivity contribution is 5.65. The summed E-state index contributed by atoms with van der Waals surface area (Å²) >= 11 is 0. The van der Waals surface area contributed by atoms with Crippen molar-refractivity contribution in [2.75, 3.05) is 7.11 Å². The summed E-state index contributed by atoms with van der Waals surface area (Å²) in [7, 11) is 1.70. The molecule has 1 heterocycles. The van der Waals surface area contributed by atoms with E-state index in [0.717, 1.165) is 24.5 Å². The van der Waals surface area contributed by atoms with Crippen LogP contribution in [0.1, 0.15) is 26.3 Å². The summed E-state index contributed by atoms with van der Waals surface area (Å²) in [5.41, 5.74) is 3.59. The van der Waals surface area contributed by atoms with Crippen LogP contribution in [-0.4, -0.2) is 22.9 Å². The zero-order valence-electron chi connectivity index (χ0n) is 12.7. The molecule has 2 rings (SSSR count). The van der Waals surface area contributed by atoms with Crippen LogP contribution in [0.3, 0.4) is 0 Å². The molecule has 0 saturated heterocycles. The molecule has 1 N–H and O–H groups in total. The Kier molecular flexibility index (Phi) is 4.79. The van der Waals surface area contributed by atoms with Gasteiger partial charge in [-0.3, -0.25) is 4.68 Å². The largest absolute Gasteiger partial charge is 0.497 e. The molecule has 0 unspecified atom stereocenters. The number of rotatable bonds is 6. The normalized spacial score (nSPS) is 11.1. The van der Waals surface area contributed by atoms with Gasteiger partial charge in [0.2, 0.25) is 0 Å². The molecule has 0 radical (unpaired) electrons. The van der Waals surface area contributed by atoms with E-state index in [1.54, 1.807) is 7.11 Å². The van der Waals surface area contributed by atoms with E-state index in [9.17, 15) is 0 Å². The molecule has 0 saturated carbocycles. The summed E-state index contributed by atoms with van der Waals surface area (Å²) in [6.07, 6.45) is 1.85. The van der Waals surface area contributed by atoms with Gasteiger partial charge in [-0.05, 0) is 36.8 Å². The minimum Gasteiger partial charge on any atom is -0.497 e. The minimum absolute atomic E-state index is 0.449. The summed E-state index contributed by atoms with van der Waals surface area (Å²) in [5, 5.41) is 7.82. The number of hydrogen-bond donors (Lipinski definition) is 1. The lowest BCUT2D eigenvalue weighted by Gasteiger charge is -2.15. The van der Waals surface area contributed by atoms with Crippen LogP contribution in [0, 0.1) is 0 Å². The Morgan fingerprint density at radius 2 is 2.10 bits per heavy atom. The van der Waals surface area contributed by atoms with E-state index in [4.69, 9.17) is 4.74 Å². The van der Waals surface area contributed by atoms with Crippen LogP contribution in [0.2, 0.25) is 0 Å². The molecule has 0 atom stereocenters. The number of methoxy groups -OCH3 is 1. The maximum absolute atomic E-state index is 5.34. The zero-order valence-corrected chi connectivity index (χ0v) is 12.7. The van der Waals surface area contributed by atoms with Crippen molar-refractivity contribution in [1.29, 1.82) is 0 Å². The van der Waals surface area contributed by atoms with Gasteiger partial charge in [-0.2, -0.15) is 5.10 Å². The quantitative estimate of drug-likeness (QED) is 0.879. The smallest absolute Gasteiger partial charge is 0.119 e. The molecule has 108 valence electrons. The van der Waals surface area contributed by atoms with Crippen LogP contribution in [0.5, 0.6) is 5.75 Å². The molecule has 0 fully saturated rings. The van der Waals surface area contributed by atoms with Gasteiger partial charge in [0.1, 0.15) is 5.75 Å². The molecule has 0 aliphatic rings. The van der Waals surface area contributed by atoms with Gasteiger partial charge >= 0.3 is 0 Å². The van der Waals surface area contributed by atoms with E-state index in [1.807, 2.05) is 16.9 Å². The van der Waals surface area contributed by atoms with Crippen LogP contribution < -0.4 is 10.1 Å². The number of hydrogen-bond acceptors (Lipinski definition) is 3. The Balaban J connectivity index is 2.40. The average Bonchev–Trinajstić information content (AvgIpc) is 2.92. The lowest BCUT2D eigenvalue weighted by Crippen LogP contribution is -2.22. The Bertz CT molecular complexity index is 561.